The molecule has 23 heavy (non-hydrogen) atoms. The van der Waals surface area contributed by atoms with Crippen molar-refractivity contribution in [3.8, 4) is 0 Å². The summed E-state index contributed by atoms with van der Waals surface area (Å²) in [6.07, 6.45) is 26.5. The van der Waals surface area contributed by atoms with Crippen LogP contribution in [0.25, 0.3) is 0 Å². The van der Waals surface area contributed by atoms with Gasteiger partial charge in [-0.25, -0.2) is 4.79 Å². The molecule has 3 nitrogen and oxygen atoms in total. The number of carboxylic acid groups (broad SMARTS) is 1. The molecule has 2 unspecified atom stereocenters. The number of rotatable bonds is 12. The van der Waals surface area contributed by atoms with Gasteiger partial charge in [-0.15, -0.1) is 0 Å². The number of epoxide rings is 1. The third-order valence-electron chi connectivity index (χ3n) is 3.60. The first-order valence-electron chi connectivity index (χ1n) is 8.45. The number of unbranched alkanes of at least 4 members (excludes halogenated alkanes) is 3. The minimum Gasteiger partial charge on any atom is -0.478 e. The first-order chi connectivity index (χ1) is 11.2. The zero-order chi connectivity index (χ0) is 16.8. The van der Waals surface area contributed by atoms with Gasteiger partial charge in [0.1, 0.15) is 0 Å². The molecule has 0 aromatic heterocycles. The molecular formula is C20H28O3. The van der Waals surface area contributed by atoms with E-state index in [9.17, 15) is 4.79 Å². The third kappa shape index (κ3) is 11.4. The van der Waals surface area contributed by atoms with Crippen molar-refractivity contribution in [3.05, 3.63) is 60.8 Å². The molecule has 0 radical (unpaired) electrons. The summed E-state index contributed by atoms with van der Waals surface area (Å²) in [4.78, 5) is 10.2. The van der Waals surface area contributed by atoms with E-state index in [1.165, 1.54) is 31.8 Å². The largest absolute Gasteiger partial charge is 0.478 e. The molecule has 1 saturated heterocycles. The van der Waals surface area contributed by atoms with Crippen LogP contribution in [-0.2, 0) is 9.53 Å². The first kappa shape index (κ1) is 19.2. The number of ether oxygens (including phenoxy) is 1. The molecule has 126 valence electrons. The SMILES string of the molecule is CCC1OC1CCCCC\C=C/C=C\C=C\C=C\C=C/C(=O)O. The monoisotopic (exact) mass is 316 g/mol. The van der Waals surface area contributed by atoms with Crippen LogP contribution < -0.4 is 0 Å². The van der Waals surface area contributed by atoms with Crippen molar-refractivity contribution in [3.63, 3.8) is 0 Å². The molecule has 1 aliphatic heterocycles. The van der Waals surface area contributed by atoms with E-state index in [2.05, 4.69) is 19.1 Å². The van der Waals surface area contributed by atoms with E-state index in [0.717, 1.165) is 18.9 Å². The van der Waals surface area contributed by atoms with Gasteiger partial charge in [-0.05, 0) is 25.7 Å². The number of carbonyl (C=O) groups is 1. The van der Waals surface area contributed by atoms with E-state index in [-0.39, 0.29) is 0 Å². The Balaban J connectivity index is 1.93. The average Bonchev–Trinajstić information content (AvgIpc) is 3.29. The quantitative estimate of drug-likeness (QED) is 0.239. The van der Waals surface area contributed by atoms with E-state index in [1.807, 2.05) is 24.3 Å². The van der Waals surface area contributed by atoms with Crippen LogP contribution in [0.1, 0.15) is 45.4 Å². The van der Waals surface area contributed by atoms with Gasteiger partial charge >= 0.3 is 5.97 Å². The molecule has 0 aliphatic carbocycles. The Kier molecular flexibility index (Phi) is 10.5. The van der Waals surface area contributed by atoms with Crippen molar-refractivity contribution in [2.24, 2.45) is 0 Å². The van der Waals surface area contributed by atoms with Crippen LogP contribution in [0, 0.1) is 0 Å². The highest BCUT2D eigenvalue weighted by molar-refractivity contribution is 5.80. The summed E-state index contributed by atoms with van der Waals surface area (Å²) in [5.41, 5.74) is 0. The highest BCUT2D eigenvalue weighted by atomic mass is 16.6. The lowest BCUT2D eigenvalue weighted by molar-refractivity contribution is -0.131. The molecule has 0 bridgehead atoms. The Morgan fingerprint density at radius 1 is 0.913 bits per heavy atom. The first-order valence-corrected chi connectivity index (χ1v) is 8.45. The summed E-state index contributed by atoms with van der Waals surface area (Å²) in [5.74, 6) is -0.935. The molecule has 0 amide bonds. The third-order valence-corrected chi connectivity index (χ3v) is 3.60. The van der Waals surface area contributed by atoms with Crippen LogP contribution in [-0.4, -0.2) is 23.3 Å². The van der Waals surface area contributed by atoms with Crippen molar-refractivity contribution in [2.75, 3.05) is 0 Å². The van der Waals surface area contributed by atoms with Gasteiger partial charge in [0.05, 0.1) is 12.2 Å². The fourth-order valence-corrected chi connectivity index (χ4v) is 2.27. The Morgan fingerprint density at radius 2 is 1.57 bits per heavy atom. The van der Waals surface area contributed by atoms with E-state index in [4.69, 9.17) is 9.84 Å². The number of hydrogen-bond donors (Lipinski definition) is 1. The molecule has 0 aromatic rings. The van der Waals surface area contributed by atoms with Gasteiger partial charge in [0, 0.05) is 6.08 Å². The average molecular weight is 316 g/mol. The molecule has 1 fully saturated rings. The van der Waals surface area contributed by atoms with E-state index in [1.54, 1.807) is 12.2 Å². The van der Waals surface area contributed by atoms with Crippen molar-refractivity contribution >= 4 is 5.97 Å². The lowest BCUT2D eigenvalue weighted by Gasteiger charge is -1.96. The summed E-state index contributed by atoms with van der Waals surface area (Å²) in [6.45, 7) is 2.19. The van der Waals surface area contributed by atoms with Crippen LogP contribution in [0.5, 0.6) is 0 Å². The van der Waals surface area contributed by atoms with Crippen LogP contribution in [0.3, 0.4) is 0 Å². The summed E-state index contributed by atoms with van der Waals surface area (Å²) in [5, 5.41) is 8.39. The second-order valence-corrected chi connectivity index (χ2v) is 5.54. The number of carboxylic acids is 1. The summed E-state index contributed by atoms with van der Waals surface area (Å²) in [6, 6.07) is 0. The normalized spacial score (nSPS) is 21.6. The summed E-state index contributed by atoms with van der Waals surface area (Å²) >= 11 is 0. The molecule has 0 saturated carbocycles. The number of allylic oxidation sites excluding steroid dienone is 9. The molecule has 1 heterocycles. The Hall–Kier alpha value is -1.87. The maximum atomic E-state index is 10.2. The van der Waals surface area contributed by atoms with Gasteiger partial charge in [-0.1, -0.05) is 74.4 Å². The highest BCUT2D eigenvalue weighted by Gasteiger charge is 2.35. The molecule has 2 atom stereocenters. The molecule has 0 spiro atoms. The zero-order valence-corrected chi connectivity index (χ0v) is 13.9. The summed E-state index contributed by atoms with van der Waals surface area (Å²) in [7, 11) is 0. The molecule has 0 aromatic carbocycles. The van der Waals surface area contributed by atoms with Gasteiger partial charge in [-0.3, -0.25) is 0 Å². The van der Waals surface area contributed by atoms with E-state index < -0.39 is 5.97 Å². The molecule has 1 N–H and O–H groups in total. The summed E-state index contributed by atoms with van der Waals surface area (Å²) < 4.78 is 5.53. The smallest absolute Gasteiger partial charge is 0.328 e. The van der Waals surface area contributed by atoms with E-state index >= 15 is 0 Å². The Morgan fingerprint density at radius 3 is 2.17 bits per heavy atom. The lowest BCUT2D eigenvalue weighted by Crippen LogP contribution is -1.91. The van der Waals surface area contributed by atoms with Crippen molar-refractivity contribution in [1.29, 1.82) is 0 Å². The second kappa shape index (κ2) is 12.7. The van der Waals surface area contributed by atoms with Gasteiger partial charge in [-0.2, -0.15) is 0 Å². The van der Waals surface area contributed by atoms with Gasteiger partial charge in [0.25, 0.3) is 0 Å². The van der Waals surface area contributed by atoms with Gasteiger partial charge in [0.2, 0.25) is 0 Å². The van der Waals surface area contributed by atoms with Crippen molar-refractivity contribution in [1.82, 2.24) is 0 Å². The van der Waals surface area contributed by atoms with Crippen LogP contribution in [0.4, 0.5) is 0 Å². The predicted octanol–water partition coefficient (Wildman–Crippen LogP) is 4.98. The van der Waals surface area contributed by atoms with Crippen LogP contribution in [0.2, 0.25) is 0 Å². The maximum absolute atomic E-state index is 10.2. The molecule has 3 heteroatoms. The molecule has 1 rings (SSSR count). The Labute approximate surface area is 139 Å². The van der Waals surface area contributed by atoms with Crippen LogP contribution in [0.15, 0.2) is 60.8 Å². The van der Waals surface area contributed by atoms with Gasteiger partial charge in [0.15, 0.2) is 0 Å². The lowest BCUT2D eigenvalue weighted by atomic mass is 10.1. The Bertz CT molecular complexity index is 469. The highest BCUT2D eigenvalue weighted by Crippen LogP contribution is 2.29. The second-order valence-electron chi connectivity index (χ2n) is 5.54. The fraction of sp³-hybridized carbons (Fsp3) is 0.450. The number of aliphatic carboxylic acids is 1. The van der Waals surface area contributed by atoms with Crippen molar-refractivity contribution < 1.29 is 14.6 Å². The molecular weight excluding hydrogens is 288 g/mol. The minimum absolute atomic E-state index is 0.552. The molecule has 1 aliphatic rings. The topological polar surface area (TPSA) is 49.8 Å². The predicted molar refractivity (Wildman–Crippen MR) is 95.4 cm³/mol. The minimum atomic E-state index is -0.935. The fourth-order valence-electron chi connectivity index (χ4n) is 2.27. The van der Waals surface area contributed by atoms with Gasteiger partial charge < -0.3 is 9.84 Å². The standard InChI is InChI=1S/C20H28O3/c1-2-18-19(23-18)16-14-12-10-8-6-4-3-5-7-9-11-13-15-17-20(21)22/h3-7,9,11,13,15,17-19H,2,8,10,12,14,16H2,1H3,(H,21,22)/b5-3-,6-4-,9-7+,13-11+,17-15-. The van der Waals surface area contributed by atoms with Crippen molar-refractivity contribution in [2.45, 2.75) is 57.7 Å². The zero-order valence-electron chi connectivity index (χ0n) is 13.9. The van der Waals surface area contributed by atoms with E-state index in [0.29, 0.717) is 12.2 Å². The van der Waals surface area contributed by atoms with Crippen LogP contribution >= 0.6 is 0 Å². The number of hydrogen-bond acceptors (Lipinski definition) is 2. The maximum Gasteiger partial charge on any atom is 0.328 e.